The number of ketones is 1. The smallest absolute Gasteiger partial charge is 0.185 e. The third kappa shape index (κ3) is 13.8. The van der Waals surface area contributed by atoms with Crippen molar-refractivity contribution >= 4 is 11.7 Å². The summed E-state index contributed by atoms with van der Waals surface area (Å²) in [6.07, 6.45) is 0.745. The Morgan fingerprint density at radius 1 is 1.38 bits per heavy atom. The molecule has 78 valence electrons. The van der Waals surface area contributed by atoms with E-state index >= 15 is 0 Å². The quantitative estimate of drug-likeness (QED) is 0.413. The number of nitrogens with two attached hydrogens (primary N) is 3. The zero-order valence-corrected chi connectivity index (χ0v) is 8.58. The molecule has 0 aromatic heterocycles. The SMILES string of the molecule is CCC(N)C(C)=O.CCN=C(N)N. The highest BCUT2D eigenvalue weighted by Crippen LogP contribution is 1.84. The normalized spacial score (nSPS) is 10.8. The Bertz CT molecular complexity index is 164. The van der Waals surface area contributed by atoms with Crippen LogP contribution in [0, 0.1) is 0 Å². The number of rotatable bonds is 3. The maximum Gasteiger partial charge on any atom is 0.185 e. The molecule has 0 fully saturated rings. The Labute approximate surface area is 79.4 Å². The summed E-state index contributed by atoms with van der Waals surface area (Å²) in [5, 5.41) is 0. The predicted octanol–water partition coefficient (Wildman–Crippen LogP) is -0.408. The topological polar surface area (TPSA) is 107 Å². The molecule has 0 saturated heterocycles. The average Bonchev–Trinajstić information content (AvgIpc) is 2.03. The van der Waals surface area contributed by atoms with Gasteiger partial charge in [0.2, 0.25) is 0 Å². The first kappa shape index (κ1) is 14.4. The van der Waals surface area contributed by atoms with Crippen molar-refractivity contribution in [3.63, 3.8) is 0 Å². The zero-order valence-electron chi connectivity index (χ0n) is 8.58. The molecule has 0 aliphatic rings. The first-order valence-corrected chi connectivity index (χ1v) is 4.27. The second-order valence-corrected chi connectivity index (χ2v) is 2.52. The molecule has 0 spiro atoms. The molecule has 0 aromatic carbocycles. The third-order valence-electron chi connectivity index (χ3n) is 1.30. The summed E-state index contributed by atoms with van der Waals surface area (Å²) < 4.78 is 0. The van der Waals surface area contributed by atoms with Gasteiger partial charge < -0.3 is 17.2 Å². The standard InChI is InChI=1S/C5H11NO.C3H9N3/c1-3-5(6)4(2)7;1-2-6-3(4)5/h5H,3,6H2,1-2H3;2H2,1H3,(H4,4,5,6). The minimum Gasteiger partial charge on any atom is -0.370 e. The fraction of sp³-hybridized carbons (Fsp3) is 0.750. The number of hydrogen-bond acceptors (Lipinski definition) is 3. The Morgan fingerprint density at radius 2 is 1.85 bits per heavy atom. The van der Waals surface area contributed by atoms with Crippen LogP contribution in [-0.2, 0) is 4.79 Å². The fourth-order valence-electron chi connectivity index (χ4n) is 0.470. The van der Waals surface area contributed by atoms with E-state index in [1.54, 1.807) is 0 Å². The highest BCUT2D eigenvalue weighted by atomic mass is 16.1. The molecule has 0 amide bonds. The Kier molecular flexibility index (Phi) is 9.98. The van der Waals surface area contributed by atoms with E-state index in [4.69, 9.17) is 17.2 Å². The van der Waals surface area contributed by atoms with Crippen molar-refractivity contribution in [3.05, 3.63) is 0 Å². The van der Waals surface area contributed by atoms with E-state index in [9.17, 15) is 4.79 Å². The van der Waals surface area contributed by atoms with Crippen LogP contribution in [0.3, 0.4) is 0 Å². The van der Waals surface area contributed by atoms with Crippen molar-refractivity contribution in [2.45, 2.75) is 33.2 Å². The second kappa shape index (κ2) is 8.99. The van der Waals surface area contributed by atoms with Crippen LogP contribution in [0.5, 0.6) is 0 Å². The van der Waals surface area contributed by atoms with Gasteiger partial charge in [0, 0.05) is 6.54 Å². The third-order valence-corrected chi connectivity index (χ3v) is 1.30. The minimum absolute atomic E-state index is 0.0718. The molecule has 1 unspecified atom stereocenters. The van der Waals surface area contributed by atoms with Gasteiger partial charge in [-0.25, -0.2) is 0 Å². The molecule has 0 aliphatic carbocycles. The zero-order chi connectivity index (χ0) is 10.9. The summed E-state index contributed by atoms with van der Waals surface area (Å²) in [4.78, 5) is 13.8. The maximum absolute atomic E-state index is 10.2. The molecule has 6 N–H and O–H groups in total. The molecule has 0 radical (unpaired) electrons. The van der Waals surface area contributed by atoms with Crippen LogP contribution in [0.15, 0.2) is 4.99 Å². The van der Waals surface area contributed by atoms with Crippen molar-refractivity contribution in [3.8, 4) is 0 Å². The molecule has 13 heavy (non-hydrogen) atoms. The van der Waals surface area contributed by atoms with Crippen LogP contribution in [0.1, 0.15) is 27.2 Å². The number of guanidine groups is 1. The average molecular weight is 188 g/mol. The molecule has 5 nitrogen and oxygen atoms in total. The largest absolute Gasteiger partial charge is 0.370 e. The van der Waals surface area contributed by atoms with Crippen LogP contribution in [0.2, 0.25) is 0 Å². The van der Waals surface area contributed by atoms with Crippen molar-refractivity contribution < 1.29 is 4.79 Å². The van der Waals surface area contributed by atoms with Crippen molar-refractivity contribution in [2.75, 3.05) is 6.54 Å². The fourth-order valence-corrected chi connectivity index (χ4v) is 0.470. The highest BCUT2D eigenvalue weighted by Gasteiger charge is 2.01. The first-order chi connectivity index (χ1) is 5.95. The summed E-state index contributed by atoms with van der Waals surface area (Å²) >= 11 is 0. The lowest BCUT2D eigenvalue weighted by molar-refractivity contribution is -0.118. The molecule has 0 rings (SSSR count). The summed E-state index contributed by atoms with van der Waals surface area (Å²) in [5.41, 5.74) is 15.1. The summed E-state index contributed by atoms with van der Waals surface area (Å²) in [5.74, 6) is 0.236. The molecule has 0 saturated carbocycles. The lowest BCUT2D eigenvalue weighted by Gasteiger charge is -1.99. The van der Waals surface area contributed by atoms with E-state index in [0.29, 0.717) is 6.54 Å². The van der Waals surface area contributed by atoms with Crippen LogP contribution >= 0.6 is 0 Å². The molecule has 0 heterocycles. The summed E-state index contributed by atoms with van der Waals surface area (Å²) in [6, 6.07) is -0.236. The number of Topliss-reactive ketones (excluding diaryl/α,β-unsaturated/α-hetero) is 1. The van der Waals surface area contributed by atoms with E-state index in [-0.39, 0.29) is 17.8 Å². The van der Waals surface area contributed by atoms with Crippen molar-refractivity contribution in [2.24, 2.45) is 22.2 Å². The Morgan fingerprint density at radius 3 is 1.85 bits per heavy atom. The minimum atomic E-state index is -0.236. The van der Waals surface area contributed by atoms with Crippen LogP contribution < -0.4 is 17.2 Å². The first-order valence-electron chi connectivity index (χ1n) is 4.27. The molecular formula is C8H20N4O. The summed E-state index contributed by atoms with van der Waals surface area (Å²) in [6.45, 7) is 5.95. The second-order valence-electron chi connectivity index (χ2n) is 2.52. The van der Waals surface area contributed by atoms with Gasteiger partial charge in [0.1, 0.15) is 5.78 Å². The van der Waals surface area contributed by atoms with Gasteiger partial charge in [0.05, 0.1) is 6.04 Å². The monoisotopic (exact) mass is 188 g/mol. The number of nitrogens with zero attached hydrogens (tertiary/aromatic N) is 1. The van der Waals surface area contributed by atoms with Crippen LogP contribution in [-0.4, -0.2) is 24.3 Å². The van der Waals surface area contributed by atoms with E-state index in [0.717, 1.165) is 6.42 Å². The molecule has 0 aliphatic heterocycles. The van der Waals surface area contributed by atoms with Gasteiger partial charge in [-0.05, 0) is 20.3 Å². The molecular weight excluding hydrogens is 168 g/mol. The lowest BCUT2D eigenvalue weighted by Crippen LogP contribution is -2.26. The van der Waals surface area contributed by atoms with E-state index in [1.807, 2.05) is 13.8 Å². The van der Waals surface area contributed by atoms with Crippen LogP contribution in [0.4, 0.5) is 0 Å². The van der Waals surface area contributed by atoms with Gasteiger partial charge in [-0.15, -0.1) is 0 Å². The molecule has 1 atom stereocenters. The lowest BCUT2D eigenvalue weighted by atomic mass is 10.2. The summed E-state index contributed by atoms with van der Waals surface area (Å²) in [7, 11) is 0. The van der Waals surface area contributed by atoms with E-state index in [1.165, 1.54) is 6.92 Å². The van der Waals surface area contributed by atoms with Crippen molar-refractivity contribution in [1.29, 1.82) is 0 Å². The number of carbonyl (C=O) groups is 1. The molecule has 0 aromatic rings. The van der Waals surface area contributed by atoms with Gasteiger partial charge in [-0.3, -0.25) is 9.79 Å². The highest BCUT2D eigenvalue weighted by molar-refractivity contribution is 5.80. The van der Waals surface area contributed by atoms with E-state index in [2.05, 4.69) is 4.99 Å². The Balaban J connectivity index is 0. The molecule has 5 heteroatoms. The Hall–Kier alpha value is -1.10. The van der Waals surface area contributed by atoms with Crippen LogP contribution in [0.25, 0.3) is 0 Å². The maximum atomic E-state index is 10.2. The molecule has 0 bridgehead atoms. The number of hydrogen-bond donors (Lipinski definition) is 3. The van der Waals surface area contributed by atoms with Gasteiger partial charge in [-0.1, -0.05) is 6.92 Å². The number of aliphatic imine (C=N–C) groups is 1. The van der Waals surface area contributed by atoms with Crippen molar-refractivity contribution in [1.82, 2.24) is 0 Å². The van der Waals surface area contributed by atoms with Gasteiger partial charge in [0.15, 0.2) is 5.96 Å². The number of carbonyl (C=O) groups excluding carboxylic acids is 1. The van der Waals surface area contributed by atoms with Gasteiger partial charge >= 0.3 is 0 Å². The van der Waals surface area contributed by atoms with Gasteiger partial charge in [0.25, 0.3) is 0 Å². The predicted molar refractivity (Wildman–Crippen MR) is 55.3 cm³/mol. The van der Waals surface area contributed by atoms with E-state index < -0.39 is 0 Å². The van der Waals surface area contributed by atoms with Gasteiger partial charge in [-0.2, -0.15) is 0 Å².